The Labute approximate surface area is 72.1 Å². The Hall–Kier alpha value is -0.330. The van der Waals surface area contributed by atoms with Crippen LogP contribution in [0.5, 0.6) is 5.75 Å². The minimum atomic E-state index is -1.32. The molecular formula is C8H11OPS. The van der Waals surface area contributed by atoms with E-state index in [1.807, 2.05) is 12.1 Å². The third kappa shape index (κ3) is 2.32. The Bertz CT molecular complexity index is 285. The van der Waals surface area contributed by atoms with Crippen molar-refractivity contribution in [1.29, 1.82) is 0 Å². The summed E-state index contributed by atoms with van der Waals surface area (Å²) in [6.07, 6.45) is 0. The second kappa shape index (κ2) is 2.96. The van der Waals surface area contributed by atoms with Crippen LogP contribution >= 0.6 is 6.04 Å². The van der Waals surface area contributed by atoms with Crippen LogP contribution in [0.3, 0.4) is 0 Å². The van der Waals surface area contributed by atoms with Gasteiger partial charge < -0.3 is 5.11 Å². The molecule has 0 aliphatic heterocycles. The number of hydrogen-bond acceptors (Lipinski definition) is 2. The second-order valence-corrected chi connectivity index (χ2v) is 8.82. The molecule has 11 heavy (non-hydrogen) atoms. The van der Waals surface area contributed by atoms with Gasteiger partial charge in [-0.2, -0.15) is 0 Å². The van der Waals surface area contributed by atoms with Gasteiger partial charge in [-0.05, 0) is 36.8 Å². The summed E-state index contributed by atoms with van der Waals surface area (Å²) in [5, 5.41) is 10.2. The van der Waals surface area contributed by atoms with Crippen molar-refractivity contribution in [2.45, 2.75) is 0 Å². The zero-order chi connectivity index (χ0) is 8.48. The van der Waals surface area contributed by atoms with E-state index in [0.29, 0.717) is 5.75 Å². The molecule has 1 nitrogen and oxygen atoms in total. The summed E-state index contributed by atoms with van der Waals surface area (Å²) in [6.45, 7) is 4.16. The van der Waals surface area contributed by atoms with Gasteiger partial charge in [0, 0.05) is 0 Å². The van der Waals surface area contributed by atoms with Crippen LogP contribution in [-0.4, -0.2) is 18.4 Å². The van der Waals surface area contributed by atoms with E-state index in [1.54, 1.807) is 12.1 Å². The molecule has 0 unspecified atom stereocenters. The molecule has 0 bridgehead atoms. The SMILES string of the molecule is CP(C)(=S)c1ccc(O)cc1. The Morgan fingerprint density at radius 3 is 2.00 bits per heavy atom. The average Bonchev–Trinajstić information content (AvgIpc) is 1.86. The Morgan fingerprint density at radius 1 is 1.18 bits per heavy atom. The number of rotatable bonds is 1. The van der Waals surface area contributed by atoms with Crippen molar-refractivity contribution in [1.82, 2.24) is 0 Å². The maximum atomic E-state index is 9.00. The highest BCUT2D eigenvalue weighted by atomic mass is 32.4. The molecule has 0 fully saturated rings. The molecule has 0 aliphatic carbocycles. The van der Waals surface area contributed by atoms with Gasteiger partial charge in [0.2, 0.25) is 0 Å². The van der Waals surface area contributed by atoms with E-state index < -0.39 is 6.04 Å². The third-order valence-electron chi connectivity index (χ3n) is 1.47. The van der Waals surface area contributed by atoms with E-state index in [1.165, 1.54) is 5.30 Å². The van der Waals surface area contributed by atoms with Crippen molar-refractivity contribution in [3.8, 4) is 5.75 Å². The van der Waals surface area contributed by atoms with Crippen molar-refractivity contribution in [2.24, 2.45) is 0 Å². The predicted molar refractivity (Wildman–Crippen MR) is 53.9 cm³/mol. The van der Waals surface area contributed by atoms with E-state index in [2.05, 4.69) is 13.3 Å². The highest BCUT2D eigenvalue weighted by Gasteiger charge is 2.04. The van der Waals surface area contributed by atoms with Crippen LogP contribution in [0, 0.1) is 0 Å². The van der Waals surface area contributed by atoms with Crippen molar-refractivity contribution in [2.75, 3.05) is 13.3 Å². The molecule has 0 saturated heterocycles. The molecule has 0 heterocycles. The lowest BCUT2D eigenvalue weighted by atomic mass is 10.3. The predicted octanol–water partition coefficient (Wildman–Crippen LogP) is 1.76. The van der Waals surface area contributed by atoms with Crippen molar-refractivity contribution in [3.05, 3.63) is 24.3 Å². The Balaban J connectivity index is 3.09. The van der Waals surface area contributed by atoms with Crippen LogP contribution in [-0.2, 0) is 11.8 Å². The summed E-state index contributed by atoms with van der Waals surface area (Å²) in [5.74, 6) is 0.303. The fourth-order valence-electron chi connectivity index (χ4n) is 0.812. The van der Waals surface area contributed by atoms with E-state index >= 15 is 0 Å². The first kappa shape index (κ1) is 8.76. The standard InChI is InChI=1S/C8H11OPS/c1-10(2,11)8-5-3-7(9)4-6-8/h3-6,9H,1-2H3. The molecule has 60 valence electrons. The van der Waals surface area contributed by atoms with Crippen LogP contribution in [0.25, 0.3) is 0 Å². The van der Waals surface area contributed by atoms with Gasteiger partial charge in [0.05, 0.1) is 0 Å². The number of hydrogen-bond donors (Lipinski definition) is 1. The van der Waals surface area contributed by atoms with Gasteiger partial charge in [-0.3, -0.25) is 0 Å². The normalized spacial score (nSPS) is 11.5. The average molecular weight is 186 g/mol. The lowest BCUT2D eigenvalue weighted by Crippen LogP contribution is -2.00. The summed E-state index contributed by atoms with van der Waals surface area (Å²) in [4.78, 5) is 0. The van der Waals surface area contributed by atoms with E-state index in [0.717, 1.165) is 0 Å². The minimum absolute atomic E-state index is 0.303. The van der Waals surface area contributed by atoms with Crippen LogP contribution in [0.1, 0.15) is 0 Å². The quantitative estimate of drug-likeness (QED) is 0.674. The zero-order valence-electron chi connectivity index (χ0n) is 6.61. The summed E-state index contributed by atoms with van der Waals surface area (Å²) in [7, 11) is 0. The van der Waals surface area contributed by atoms with Gasteiger partial charge in [0.15, 0.2) is 0 Å². The van der Waals surface area contributed by atoms with Crippen LogP contribution < -0.4 is 5.30 Å². The van der Waals surface area contributed by atoms with Crippen LogP contribution in [0.4, 0.5) is 0 Å². The largest absolute Gasteiger partial charge is 0.508 e. The van der Waals surface area contributed by atoms with Gasteiger partial charge in [0.1, 0.15) is 5.75 Å². The van der Waals surface area contributed by atoms with Crippen molar-refractivity contribution < 1.29 is 5.11 Å². The highest BCUT2D eigenvalue weighted by Crippen LogP contribution is 2.35. The number of aromatic hydroxyl groups is 1. The summed E-state index contributed by atoms with van der Waals surface area (Å²) in [5.41, 5.74) is 0. The molecule has 0 amide bonds. The highest BCUT2D eigenvalue weighted by molar-refractivity contribution is 8.17. The summed E-state index contributed by atoms with van der Waals surface area (Å²) in [6, 6.07) is 5.85. The van der Waals surface area contributed by atoms with Gasteiger partial charge >= 0.3 is 0 Å². The Kier molecular flexibility index (Phi) is 2.36. The number of phenolic OH excluding ortho intramolecular Hbond substituents is 1. The number of phenols is 1. The molecule has 1 N–H and O–H groups in total. The van der Waals surface area contributed by atoms with Crippen molar-refractivity contribution in [3.63, 3.8) is 0 Å². The topological polar surface area (TPSA) is 20.2 Å². The summed E-state index contributed by atoms with van der Waals surface area (Å²) < 4.78 is 0. The molecular weight excluding hydrogens is 175 g/mol. The first-order valence-electron chi connectivity index (χ1n) is 3.35. The maximum absolute atomic E-state index is 9.00. The van der Waals surface area contributed by atoms with Crippen LogP contribution in [0.2, 0.25) is 0 Å². The first-order valence-corrected chi connectivity index (χ1v) is 7.04. The molecule has 1 aromatic carbocycles. The zero-order valence-corrected chi connectivity index (χ0v) is 8.32. The molecule has 3 heteroatoms. The second-order valence-electron chi connectivity index (χ2n) is 2.87. The monoisotopic (exact) mass is 186 g/mol. The lowest BCUT2D eigenvalue weighted by molar-refractivity contribution is 0.475. The fraction of sp³-hybridized carbons (Fsp3) is 0.250. The molecule has 1 rings (SSSR count). The molecule has 0 atom stereocenters. The van der Waals surface area contributed by atoms with Gasteiger partial charge in [-0.15, -0.1) is 0 Å². The molecule has 0 radical (unpaired) electrons. The smallest absolute Gasteiger partial charge is 0.115 e. The van der Waals surface area contributed by atoms with E-state index in [9.17, 15) is 0 Å². The lowest BCUT2D eigenvalue weighted by Gasteiger charge is -2.09. The Morgan fingerprint density at radius 2 is 1.64 bits per heavy atom. The first-order chi connectivity index (χ1) is 5.00. The fourth-order valence-corrected chi connectivity index (χ4v) is 2.04. The van der Waals surface area contributed by atoms with E-state index in [-0.39, 0.29) is 0 Å². The molecule has 1 aromatic rings. The third-order valence-corrected chi connectivity index (χ3v) is 3.65. The van der Waals surface area contributed by atoms with Crippen molar-refractivity contribution >= 4 is 23.1 Å². The maximum Gasteiger partial charge on any atom is 0.115 e. The van der Waals surface area contributed by atoms with Gasteiger partial charge in [-0.25, -0.2) is 0 Å². The van der Waals surface area contributed by atoms with E-state index in [4.69, 9.17) is 16.9 Å². The van der Waals surface area contributed by atoms with Gasteiger partial charge in [0.25, 0.3) is 0 Å². The molecule has 0 aromatic heterocycles. The molecule has 0 aliphatic rings. The number of benzene rings is 1. The molecule has 0 saturated carbocycles. The van der Waals surface area contributed by atoms with Gasteiger partial charge in [-0.1, -0.05) is 23.9 Å². The molecule has 0 spiro atoms. The van der Waals surface area contributed by atoms with Crippen LogP contribution in [0.15, 0.2) is 24.3 Å². The minimum Gasteiger partial charge on any atom is -0.508 e. The summed E-state index contributed by atoms with van der Waals surface area (Å²) >= 11 is 5.32.